The van der Waals surface area contributed by atoms with Crippen molar-refractivity contribution >= 4 is 49.3 Å². The van der Waals surface area contributed by atoms with Gasteiger partial charge in [-0.1, -0.05) is 0 Å². The maximum absolute atomic E-state index is 14.7. The normalized spacial score (nSPS) is 26.8. The van der Waals surface area contributed by atoms with Crippen LogP contribution in [0.15, 0.2) is 66.7 Å². The van der Waals surface area contributed by atoms with Crippen molar-refractivity contribution in [2.24, 2.45) is 0 Å². The first-order chi connectivity index (χ1) is 20.1. The SMILES string of the molecule is COc1cccc(N2C(=O)CC[C@H]2C(=O)N(c2cccc(F)c2)[C@@H]2C(=O)[N+]3(C4CC(F)(F)C4)CI3c3ccccc32)n1. The first-order valence-electron chi connectivity index (χ1n) is 13.6. The molecule has 3 atom stereocenters. The predicted molar refractivity (Wildman–Crippen MR) is 155 cm³/mol. The summed E-state index contributed by atoms with van der Waals surface area (Å²) in [6.45, 7) is 0. The molecule has 0 bridgehead atoms. The van der Waals surface area contributed by atoms with E-state index >= 15 is 0 Å². The van der Waals surface area contributed by atoms with Crippen molar-refractivity contribution in [3.63, 3.8) is 0 Å². The van der Waals surface area contributed by atoms with E-state index in [0.717, 1.165) is 3.57 Å². The zero-order chi connectivity index (χ0) is 29.4. The number of halogens is 4. The second-order valence-corrected chi connectivity index (χ2v) is 16.4. The molecule has 42 heavy (non-hydrogen) atoms. The number of quaternary nitrogens is 1. The van der Waals surface area contributed by atoms with E-state index in [1.54, 1.807) is 36.4 Å². The third-order valence-corrected chi connectivity index (χ3v) is 15.5. The van der Waals surface area contributed by atoms with Gasteiger partial charge >= 0.3 is 248 Å². The summed E-state index contributed by atoms with van der Waals surface area (Å²) in [6, 6.07) is 15.0. The van der Waals surface area contributed by atoms with Gasteiger partial charge in [-0.05, 0) is 0 Å². The van der Waals surface area contributed by atoms with E-state index in [-0.39, 0.29) is 57.6 Å². The molecule has 7 rings (SSSR count). The van der Waals surface area contributed by atoms with Crippen LogP contribution in [0.25, 0.3) is 0 Å². The zero-order valence-corrected chi connectivity index (χ0v) is 24.7. The minimum atomic E-state index is -2.80. The number of hydrogen-bond acceptors (Lipinski definition) is 5. The molecule has 2 saturated heterocycles. The Bertz CT molecular complexity index is 1630. The van der Waals surface area contributed by atoms with Crippen LogP contribution in [0.5, 0.6) is 5.88 Å². The summed E-state index contributed by atoms with van der Waals surface area (Å²) in [5.41, 5.74) is 0.810. The fourth-order valence-electron chi connectivity index (χ4n) is 6.42. The van der Waals surface area contributed by atoms with Crippen LogP contribution < -0.4 is 14.5 Å². The summed E-state index contributed by atoms with van der Waals surface area (Å²) >= 11 is -2.19. The summed E-state index contributed by atoms with van der Waals surface area (Å²) in [6.07, 6.45) is -0.476. The number of pyridine rings is 1. The van der Waals surface area contributed by atoms with Crippen LogP contribution in [-0.2, 0) is 14.4 Å². The van der Waals surface area contributed by atoms with Crippen LogP contribution in [0.3, 0.4) is 0 Å². The van der Waals surface area contributed by atoms with Gasteiger partial charge in [-0.2, -0.15) is 0 Å². The standard InChI is InChI=1S/C30H27F3IN4O4/c1-42-25-11-5-10-24(35-25)37-23(12-13-26(37)39)28(40)36(19-7-4-6-18(31)14-19)27-21-8-2-3-9-22(21)34-17-38(34,29(27)41)20-15-30(32,33)16-20/h2-11,14,20,23,27H,12-13,15-17H2,1H3/q+1/t23-,27-,38?/m0/s1. The van der Waals surface area contributed by atoms with E-state index in [1.807, 2.05) is 12.1 Å². The van der Waals surface area contributed by atoms with E-state index in [1.165, 1.54) is 35.1 Å². The Morgan fingerprint density at radius 3 is 2.60 bits per heavy atom. The molecule has 1 aromatic heterocycles. The number of carbonyl (C=O) groups is 3. The Kier molecular flexibility index (Phi) is 6.35. The van der Waals surface area contributed by atoms with E-state index in [4.69, 9.17) is 4.74 Å². The average Bonchev–Trinajstić information content (AvgIpc) is 3.62. The van der Waals surface area contributed by atoms with Gasteiger partial charge in [0, 0.05) is 0 Å². The molecule has 1 aliphatic carbocycles. The quantitative estimate of drug-likeness (QED) is 0.117. The number of carbonyl (C=O) groups excluding carboxylic acids is 3. The number of benzene rings is 2. The van der Waals surface area contributed by atoms with Gasteiger partial charge in [0.1, 0.15) is 0 Å². The third-order valence-electron chi connectivity index (χ3n) is 8.51. The van der Waals surface area contributed by atoms with Crippen LogP contribution in [0.2, 0.25) is 0 Å². The van der Waals surface area contributed by atoms with Crippen molar-refractivity contribution in [3.05, 3.63) is 81.7 Å². The Balaban J connectivity index is 1.35. The Labute approximate surface area is 247 Å². The Hall–Kier alpha value is -3.52. The summed E-state index contributed by atoms with van der Waals surface area (Å²) in [7, 11) is 1.44. The van der Waals surface area contributed by atoms with Gasteiger partial charge in [0.15, 0.2) is 0 Å². The Morgan fingerprint density at radius 2 is 1.86 bits per heavy atom. The van der Waals surface area contributed by atoms with E-state index < -0.39 is 55.9 Å². The van der Waals surface area contributed by atoms with E-state index in [2.05, 4.69) is 4.98 Å². The van der Waals surface area contributed by atoms with Crippen LogP contribution >= 0.6 is 20.1 Å². The molecule has 0 radical (unpaired) electrons. The summed E-state index contributed by atoms with van der Waals surface area (Å²) in [5, 5.41) is 0. The summed E-state index contributed by atoms with van der Waals surface area (Å²) in [5.74, 6) is -4.09. The van der Waals surface area contributed by atoms with Crippen molar-refractivity contribution in [1.82, 2.24) is 4.98 Å². The molecule has 218 valence electrons. The number of hydrogen-bond donors (Lipinski definition) is 0. The van der Waals surface area contributed by atoms with Gasteiger partial charge in [-0.25, -0.2) is 0 Å². The summed E-state index contributed by atoms with van der Waals surface area (Å²) < 4.78 is 49.6. The fraction of sp³-hybridized carbons (Fsp3) is 0.333. The van der Waals surface area contributed by atoms with Crippen LogP contribution in [-0.4, -0.2) is 55.1 Å². The number of nitrogens with zero attached hydrogens (tertiary/aromatic N) is 4. The van der Waals surface area contributed by atoms with Crippen molar-refractivity contribution in [3.8, 4) is 5.88 Å². The maximum atomic E-state index is 14.7. The average molecular weight is 691 g/mol. The monoisotopic (exact) mass is 691 g/mol. The molecular weight excluding hydrogens is 664 g/mol. The van der Waals surface area contributed by atoms with Gasteiger partial charge < -0.3 is 0 Å². The first kappa shape index (κ1) is 27.3. The predicted octanol–water partition coefficient (Wildman–Crippen LogP) is 5.22. The number of alkyl halides is 3. The fourth-order valence-corrected chi connectivity index (χ4v) is 14.3. The van der Waals surface area contributed by atoms with Crippen molar-refractivity contribution in [2.75, 3.05) is 21.5 Å². The molecule has 12 heteroatoms. The number of anilines is 2. The van der Waals surface area contributed by atoms with Crippen molar-refractivity contribution in [2.45, 2.75) is 49.7 Å². The number of fused-ring (bicyclic) bond motifs is 3. The number of amides is 3. The first-order valence-corrected chi connectivity index (χ1v) is 17.2. The molecule has 1 unspecified atom stereocenters. The van der Waals surface area contributed by atoms with E-state index in [9.17, 15) is 27.6 Å². The molecular formula is C30H27F3IN4O4+. The summed E-state index contributed by atoms with van der Waals surface area (Å²) in [4.78, 5) is 49.3. The molecule has 3 aromatic rings. The third kappa shape index (κ3) is 4.13. The second-order valence-electron chi connectivity index (χ2n) is 11.0. The van der Waals surface area contributed by atoms with Gasteiger partial charge in [-0.3, -0.25) is 0 Å². The molecule has 4 heterocycles. The van der Waals surface area contributed by atoms with Gasteiger partial charge in [0.25, 0.3) is 0 Å². The number of ether oxygens (including phenoxy) is 1. The van der Waals surface area contributed by atoms with Gasteiger partial charge in [0.2, 0.25) is 0 Å². The molecule has 3 amide bonds. The minimum absolute atomic E-state index is 0.00500. The number of aromatic nitrogens is 1. The number of rotatable bonds is 6. The molecule has 0 N–H and O–H groups in total. The molecule has 0 spiro atoms. The van der Waals surface area contributed by atoms with Crippen LogP contribution in [0.4, 0.5) is 24.7 Å². The van der Waals surface area contributed by atoms with E-state index in [0.29, 0.717) is 10.1 Å². The second kappa shape index (κ2) is 9.76. The topological polar surface area (TPSA) is 79.8 Å². The molecule has 1 saturated carbocycles. The van der Waals surface area contributed by atoms with Gasteiger partial charge in [-0.15, -0.1) is 0 Å². The van der Waals surface area contributed by atoms with Crippen molar-refractivity contribution < 1.29 is 35.0 Å². The molecule has 3 fully saturated rings. The van der Waals surface area contributed by atoms with Crippen LogP contribution in [0, 0.1) is 9.39 Å². The molecule has 3 aliphatic heterocycles. The van der Waals surface area contributed by atoms with Crippen molar-refractivity contribution in [1.29, 1.82) is 0 Å². The number of methoxy groups -OCH3 is 1. The zero-order valence-electron chi connectivity index (χ0n) is 22.6. The van der Waals surface area contributed by atoms with Gasteiger partial charge in [0.05, 0.1) is 0 Å². The Morgan fingerprint density at radius 1 is 1.10 bits per heavy atom. The molecule has 8 nitrogen and oxygen atoms in total. The molecule has 2 aromatic carbocycles. The van der Waals surface area contributed by atoms with Crippen LogP contribution in [0.1, 0.15) is 37.3 Å². The molecule has 4 aliphatic rings.